The van der Waals surface area contributed by atoms with Crippen LogP contribution in [0.2, 0.25) is 0 Å². The third kappa shape index (κ3) is 4.32. The number of ether oxygens (including phenoxy) is 1. The van der Waals surface area contributed by atoms with Crippen molar-refractivity contribution in [2.45, 2.75) is 68.4 Å². The van der Waals surface area contributed by atoms with Gasteiger partial charge in [-0.25, -0.2) is 8.42 Å². The summed E-state index contributed by atoms with van der Waals surface area (Å²) < 4.78 is 35.9. The van der Waals surface area contributed by atoms with E-state index in [1.165, 1.54) is 10.4 Å². The van der Waals surface area contributed by atoms with Gasteiger partial charge in [-0.1, -0.05) is 40.9 Å². The van der Waals surface area contributed by atoms with Crippen LogP contribution in [0.3, 0.4) is 0 Å². The SMILES string of the molecule is CC1(C)CCc2cc(S(=O)(=O)N(CC(=O)O)C3(c4cccc(Br)c4)CCCC3)ccc2O1. The number of carbonyl (C=O) groups is 1. The molecule has 0 saturated heterocycles. The van der Waals surface area contributed by atoms with Crippen LogP contribution in [0.5, 0.6) is 5.75 Å². The predicted molar refractivity (Wildman–Crippen MR) is 125 cm³/mol. The van der Waals surface area contributed by atoms with Gasteiger partial charge in [-0.05, 0) is 81.0 Å². The summed E-state index contributed by atoms with van der Waals surface area (Å²) in [4.78, 5) is 12.0. The smallest absolute Gasteiger partial charge is 0.318 e. The van der Waals surface area contributed by atoms with E-state index < -0.39 is 28.1 Å². The lowest BCUT2D eigenvalue weighted by atomic mass is 9.88. The zero-order valence-electron chi connectivity index (χ0n) is 18.3. The average Bonchev–Trinajstić information content (AvgIpc) is 3.21. The molecule has 0 radical (unpaired) electrons. The molecule has 0 unspecified atom stereocenters. The summed E-state index contributed by atoms with van der Waals surface area (Å²) in [5.74, 6) is -0.481. The molecule has 1 N–H and O–H groups in total. The Morgan fingerprint density at radius 3 is 2.50 bits per heavy atom. The summed E-state index contributed by atoms with van der Waals surface area (Å²) in [5, 5.41) is 9.68. The molecule has 8 heteroatoms. The van der Waals surface area contributed by atoms with E-state index >= 15 is 0 Å². The topological polar surface area (TPSA) is 83.9 Å². The number of benzene rings is 2. The van der Waals surface area contributed by atoms with Gasteiger partial charge < -0.3 is 9.84 Å². The van der Waals surface area contributed by atoms with Gasteiger partial charge in [0.1, 0.15) is 17.9 Å². The molecular formula is C24H28BrNO5S. The number of halogens is 1. The van der Waals surface area contributed by atoms with Crippen molar-refractivity contribution in [3.05, 3.63) is 58.1 Å². The first-order chi connectivity index (χ1) is 15.0. The van der Waals surface area contributed by atoms with Crippen LogP contribution in [0.1, 0.15) is 57.1 Å². The van der Waals surface area contributed by atoms with Crippen molar-refractivity contribution in [3.63, 3.8) is 0 Å². The molecule has 0 atom stereocenters. The number of carboxylic acid groups (broad SMARTS) is 1. The molecule has 0 aromatic heterocycles. The van der Waals surface area contributed by atoms with E-state index in [1.807, 2.05) is 38.1 Å². The quantitative estimate of drug-likeness (QED) is 0.571. The van der Waals surface area contributed by atoms with Crippen LogP contribution < -0.4 is 4.74 Å². The first-order valence-corrected chi connectivity index (χ1v) is 13.1. The van der Waals surface area contributed by atoms with Crippen LogP contribution in [0, 0.1) is 0 Å². The van der Waals surface area contributed by atoms with Gasteiger partial charge >= 0.3 is 5.97 Å². The van der Waals surface area contributed by atoms with Crippen molar-refractivity contribution in [1.29, 1.82) is 0 Å². The Balaban J connectivity index is 1.81. The Bertz CT molecular complexity index is 1140. The molecule has 1 aliphatic carbocycles. The Morgan fingerprint density at radius 1 is 1.12 bits per heavy atom. The van der Waals surface area contributed by atoms with Gasteiger partial charge in [0.05, 0.1) is 10.4 Å². The lowest BCUT2D eigenvalue weighted by Gasteiger charge is -2.40. The van der Waals surface area contributed by atoms with Crippen molar-refractivity contribution in [2.24, 2.45) is 0 Å². The van der Waals surface area contributed by atoms with Crippen LogP contribution >= 0.6 is 15.9 Å². The van der Waals surface area contributed by atoms with Gasteiger partial charge in [0.25, 0.3) is 0 Å². The van der Waals surface area contributed by atoms with Gasteiger partial charge in [-0.2, -0.15) is 4.31 Å². The van der Waals surface area contributed by atoms with E-state index in [1.54, 1.807) is 12.1 Å². The van der Waals surface area contributed by atoms with E-state index in [9.17, 15) is 18.3 Å². The fourth-order valence-electron chi connectivity index (χ4n) is 4.93. The molecule has 2 aromatic rings. The molecule has 1 fully saturated rings. The number of aryl methyl sites for hydroxylation is 1. The standard InChI is InChI=1S/C24H28BrNO5S/c1-23(2)13-10-17-14-20(8-9-21(17)31-23)32(29,30)26(16-22(27)28)24(11-3-4-12-24)18-6-5-7-19(25)15-18/h5-9,14-15H,3-4,10-13,16H2,1-2H3,(H,27,28). The number of hydrogen-bond donors (Lipinski definition) is 1. The summed E-state index contributed by atoms with van der Waals surface area (Å²) in [6.45, 7) is 3.43. The van der Waals surface area contributed by atoms with Crippen molar-refractivity contribution < 1.29 is 23.1 Å². The molecule has 0 amide bonds. The largest absolute Gasteiger partial charge is 0.488 e. The summed E-state index contributed by atoms with van der Waals surface area (Å²) in [7, 11) is -4.08. The number of hydrogen-bond acceptors (Lipinski definition) is 4. The highest BCUT2D eigenvalue weighted by Crippen LogP contribution is 2.47. The minimum atomic E-state index is -4.08. The summed E-state index contributed by atoms with van der Waals surface area (Å²) in [6, 6.07) is 12.4. The minimum absolute atomic E-state index is 0.113. The van der Waals surface area contributed by atoms with Gasteiger partial charge in [0.15, 0.2) is 0 Å². The molecule has 0 spiro atoms. The molecule has 4 rings (SSSR count). The van der Waals surface area contributed by atoms with Crippen LogP contribution in [0.15, 0.2) is 51.8 Å². The Morgan fingerprint density at radius 2 is 1.84 bits per heavy atom. The van der Waals surface area contributed by atoms with E-state index in [0.29, 0.717) is 25.0 Å². The Kier molecular flexibility index (Phi) is 6.15. The number of fused-ring (bicyclic) bond motifs is 1. The van der Waals surface area contributed by atoms with Crippen molar-refractivity contribution in [2.75, 3.05) is 6.54 Å². The van der Waals surface area contributed by atoms with E-state index in [-0.39, 0.29) is 10.5 Å². The van der Waals surface area contributed by atoms with Gasteiger partial charge in [0.2, 0.25) is 10.0 Å². The van der Waals surface area contributed by atoms with Crippen molar-refractivity contribution in [3.8, 4) is 5.75 Å². The van der Waals surface area contributed by atoms with E-state index in [4.69, 9.17) is 4.74 Å². The number of carboxylic acids is 1. The fourth-order valence-corrected chi connectivity index (χ4v) is 7.15. The van der Waals surface area contributed by atoms with E-state index in [2.05, 4.69) is 15.9 Å². The molecule has 2 aromatic carbocycles. The molecule has 172 valence electrons. The van der Waals surface area contributed by atoms with Gasteiger partial charge in [0, 0.05) is 4.47 Å². The zero-order chi connectivity index (χ0) is 23.1. The van der Waals surface area contributed by atoms with Crippen LogP contribution in [0.25, 0.3) is 0 Å². The summed E-state index contributed by atoms with van der Waals surface area (Å²) in [6.07, 6.45) is 4.33. The van der Waals surface area contributed by atoms with Crippen molar-refractivity contribution in [1.82, 2.24) is 4.31 Å². The predicted octanol–water partition coefficient (Wildman–Crippen LogP) is 5.10. The normalized spacial score (nSPS) is 19.4. The first-order valence-electron chi connectivity index (χ1n) is 10.9. The molecule has 32 heavy (non-hydrogen) atoms. The number of nitrogens with zero attached hydrogens (tertiary/aromatic N) is 1. The number of rotatable bonds is 6. The first kappa shape index (κ1) is 23.3. The molecular weight excluding hydrogens is 494 g/mol. The monoisotopic (exact) mass is 521 g/mol. The third-order valence-corrected chi connectivity index (χ3v) is 8.95. The molecule has 1 saturated carbocycles. The van der Waals surface area contributed by atoms with Crippen LogP contribution in [-0.4, -0.2) is 35.9 Å². The number of aliphatic carboxylic acids is 1. The number of sulfonamides is 1. The maximum Gasteiger partial charge on any atom is 0.318 e. The fraction of sp³-hybridized carbons (Fsp3) is 0.458. The van der Waals surface area contributed by atoms with Crippen molar-refractivity contribution >= 4 is 31.9 Å². The summed E-state index contributed by atoms with van der Waals surface area (Å²) in [5.41, 5.74) is 0.466. The lowest BCUT2D eigenvalue weighted by molar-refractivity contribution is -0.138. The maximum atomic E-state index is 13.9. The molecule has 0 bridgehead atoms. The second-order valence-electron chi connectivity index (χ2n) is 9.29. The minimum Gasteiger partial charge on any atom is -0.488 e. The third-order valence-electron chi connectivity index (χ3n) is 6.55. The van der Waals surface area contributed by atoms with Crippen LogP contribution in [0.4, 0.5) is 0 Å². The van der Waals surface area contributed by atoms with E-state index in [0.717, 1.165) is 34.9 Å². The summed E-state index contributed by atoms with van der Waals surface area (Å²) >= 11 is 3.48. The maximum absolute atomic E-state index is 13.9. The molecule has 6 nitrogen and oxygen atoms in total. The highest BCUT2D eigenvalue weighted by atomic mass is 79.9. The molecule has 2 aliphatic rings. The zero-order valence-corrected chi connectivity index (χ0v) is 20.7. The highest BCUT2D eigenvalue weighted by molar-refractivity contribution is 9.10. The average molecular weight is 522 g/mol. The van der Waals surface area contributed by atoms with Crippen LogP contribution in [-0.2, 0) is 26.8 Å². The van der Waals surface area contributed by atoms with Gasteiger partial charge in [-0.15, -0.1) is 0 Å². The lowest BCUT2D eigenvalue weighted by Crippen LogP contribution is -2.50. The van der Waals surface area contributed by atoms with Gasteiger partial charge in [-0.3, -0.25) is 4.79 Å². The second-order valence-corrected chi connectivity index (χ2v) is 12.1. The Hall–Kier alpha value is -1.90. The molecule has 1 heterocycles. The second kappa shape index (κ2) is 8.47. The Labute approximate surface area is 197 Å². The molecule has 1 aliphatic heterocycles. The highest BCUT2D eigenvalue weighted by Gasteiger charge is 2.48.